The van der Waals surface area contributed by atoms with Gasteiger partial charge in [-0.3, -0.25) is 4.90 Å². The molecule has 102 valence electrons. The van der Waals surface area contributed by atoms with Crippen molar-refractivity contribution < 1.29 is 4.74 Å². The van der Waals surface area contributed by atoms with Gasteiger partial charge in [0, 0.05) is 12.0 Å². The predicted octanol–water partition coefficient (Wildman–Crippen LogP) is 3.21. The van der Waals surface area contributed by atoms with E-state index in [0.29, 0.717) is 0 Å². The maximum Gasteiger partial charge on any atom is 0.122 e. The first-order valence-electron chi connectivity index (χ1n) is 7.78. The number of benzene rings is 1. The van der Waals surface area contributed by atoms with Gasteiger partial charge in [-0.05, 0) is 68.3 Å². The lowest BCUT2D eigenvalue weighted by Crippen LogP contribution is -2.54. The minimum atomic E-state index is 0.762. The fourth-order valence-electron chi connectivity index (χ4n) is 4.87. The highest BCUT2D eigenvalue weighted by molar-refractivity contribution is 5.45. The number of hydrogen-bond acceptors (Lipinski definition) is 2. The third-order valence-corrected chi connectivity index (χ3v) is 5.55. The van der Waals surface area contributed by atoms with Crippen LogP contribution in [0.15, 0.2) is 18.2 Å². The smallest absolute Gasteiger partial charge is 0.122 e. The molecule has 2 aliphatic heterocycles. The molecule has 0 amide bonds. The molecular weight excluding hydrogens is 234 g/mol. The summed E-state index contributed by atoms with van der Waals surface area (Å²) in [5.41, 5.74) is 3.10. The van der Waals surface area contributed by atoms with Crippen LogP contribution in [0.2, 0.25) is 0 Å². The molecule has 2 nitrogen and oxygen atoms in total. The normalized spacial score (nSPS) is 33.4. The summed E-state index contributed by atoms with van der Waals surface area (Å²) in [4.78, 5) is 2.78. The highest BCUT2D eigenvalue weighted by Crippen LogP contribution is 2.48. The van der Waals surface area contributed by atoms with E-state index in [1.165, 1.54) is 50.8 Å². The molecule has 1 aromatic carbocycles. The van der Waals surface area contributed by atoms with E-state index < -0.39 is 0 Å². The van der Waals surface area contributed by atoms with E-state index in [4.69, 9.17) is 4.74 Å². The molecule has 0 spiro atoms. The van der Waals surface area contributed by atoms with E-state index in [-0.39, 0.29) is 0 Å². The van der Waals surface area contributed by atoms with Crippen molar-refractivity contribution in [3.05, 3.63) is 29.3 Å². The zero-order valence-electron chi connectivity index (χ0n) is 11.8. The molecular formula is C17H23NO. The molecule has 19 heavy (non-hydrogen) atoms. The van der Waals surface area contributed by atoms with Gasteiger partial charge in [-0.1, -0.05) is 12.1 Å². The molecule has 2 fully saturated rings. The van der Waals surface area contributed by atoms with Gasteiger partial charge in [0.1, 0.15) is 5.75 Å². The Kier molecular flexibility index (Phi) is 2.80. The van der Waals surface area contributed by atoms with Crippen molar-refractivity contribution >= 4 is 0 Å². The zero-order chi connectivity index (χ0) is 12.8. The van der Waals surface area contributed by atoms with Gasteiger partial charge >= 0.3 is 0 Å². The maximum atomic E-state index is 5.62. The van der Waals surface area contributed by atoms with Gasteiger partial charge in [-0.15, -0.1) is 0 Å². The largest absolute Gasteiger partial charge is 0.496 e. The summed E-state index contributed by atoms with van der Waals surface area (Å²) in [7, 11) is 1.82. The van der Waals surface area contributed by atoms with Crippen LogP contribution in [0.4, 0.5) is 0 Å². The molecule has 0 N–H and O–H groups in total. The van der Waals surface area contributed by atoms with Crippen LogP contribution in [0, 0.1) is 5.92 Å². The Bertz CT molecular complexity index is 482. The Morgan fingerprint density at radius 1 is 1.16 bits per heavy atom. The minimum absolute atomic E-state index is 0.762. The minimum Gasteiger partial charge on any atom is -0.496 e. The van der Waals surface area contributed by atoms with E-state index in [1.807, 2.05) is 7.11 Å². The molecule has 0 saturated carbocycles. The average molecular weight is 257 g/mol. The first kappa shape index (κ1) is 11.8. The maximum absolute atomic E-state index is 5.62. The van der Waals surface area contributed by atoms with Crippen molar-refractivity contribution in [3.8, 4) is 5.75 Å². The van der Waals surface area contributed by atoms with Gasteiger partial charge < -0.3 is 4.74 Å². The summed E-state index contributed by atoms with van der Waals surface area (Å²) in [5.74, 6) is 2.75. The van der Waals surface area contributed by atoms with Crippen LogP contribution in [-0.2, 0) is 6.42 Å². The fraction of sp³-hybridized carbons (Fsp3) is 0.647. The summed E-state index contributed by atoms with van der Waals surface area (Å²) in [6.45, 7) is 2.66. The Morgan fingerprint density at radius 3 is 2.84 bits per heavy atom. The average Bonchev–Trinajstić information content (AvgIpc) is 2.47. The SMILES string of the molecule is COc1cccc2c1CC1CCCN3CCCC2C13. The van der Waals surface area contributed by atoms with Crippen molar-refractivity contribution in [1.82, 2.24) is 4.90 Å². The van der Waals surface area contributed by atoms with E-state index in [2.05, 4.69) is 23.1 Å². The van der Waals surface area contributed by atoms with Crippen molar-refractivity contribution in [1.29, 1.82) is 0 Å². The quantitative estimate of drug-likeness (QED) is 0.766. The second-order valence-corrected chi connectivity index (χ2v) is 6.41. The third kappa shape index (κ3) is 1.73. The Hall–Kier alpha value is -1.02. The first-order chi connectivity index (χ1) is 9.38. The third-order valence-electron chi connectivity index (χ3n) is 5.55. The number of ether oxygens (including phenoxy) is 1. The zero-order valence-corrected chi connectivity index (χ0v) is 11.8. The Labute approximate surface area is 115 Å². The molecule has 2 heteroatoms. The van der Waals surface area contributed by atoms with Gasteiger partial charge in [-0.25, -0.2) is 0 Å². The summed E-state index contributed by atoms with van der Waals surface area (Å²) in [6.07, 6.45) is 6.77. The monoisotopic (exact) mass is 257 g/mol. The lowest BCUT2D eigenvalue weighted by Gasteiger charge is -2.52. The molecule has 3 aliphatic rings. The van der Waals surface area contributed by atoms with Gasteiger partial charge in [0.25, 0.3) is 0 Å². The summed E-state index contributed by atoms with van der Waals surface area (Å²) in [6, 6.07) is 7.50. The molecule has 0 bridgehead atoms. The topological polar surface area (TPSA) is 12.5 Å². The standard InChI is InChI=1S/C17H23NO/c1-19-16-8-2-6-13-14-7-4-10-18-9-3-5-12(17(14)18)11-15(13)16/h2,6,8,12,14,17H,3-5,7,9-11H2,1H3. The lowest BCUT2D eigenvalue weighted by molar-refractivity contribution is 0.0345. The van der Waals surface area contributed by atoms with Crippen LogP contribution >= 0.6 is 0 Å². The first-order valence-corrected chi connectivity index (χ1v) is 7.78. The number of methoxy groups -OCH3 is 1. The van der Waals surface area contributed by atoms with E-state index in [9.17, 15) is 0 Å². The Balaban J connectivity index is 1.81. The number of piperidine rings is 2. The highest BCUT2D eigenvalue weighted by Gasteiger charge is 2.44. The molecule has 0 radical (unpaired) electrons. The van der Waals surface area contributed by atoms with Gasteiger partial charge in [0.2, 0.25) is 0 Å². The second-order valence-electron chi connectivity index (χ2n) is 6.41. The van der Waals surface area contributed by atoms with Crippen LogP contribution in [0.25, 0.3) is 0 Å². The van der Waals surface area contributed by atoms with Crippen LogP contribution < -0.4 is 4.74 Å². The Morgan fingerprint density at radius 2 is 2.00 bits per heavy atom. The summed E-state index contributed by atoms with van der Waals surface area (Å²) < 4.78 is 5.62. The molecule has 3 unspecified atom stereocenters. The number of rotatable bonds is 1. The fourth-order valence-corrected chi connectivity index (χ4v) is 4.87. The van der Waals surface area contributed by atoms with E-state index in [1.54, 1.807) is 5.56 Å². The number of nitrogens with zero attached hydrogens (tertiary/aromatic N) is 1. The van der Waals surface area contributed by atoms with Crippen LogP contribution in [-0.4, -0.2) is 31.1 Å². The van der Waals surface area contributed by atoms with E-state index >= 15 is 0 Å². The molecule has 2 saturated heterocycles. The van der Waals surface area contributed by atoms with Gasteiger partial charge in [0.05, 0.1) is 7.11 Å². The van der Waals surface area contributed by atoms with Crippen LogP contribution in [0.3, 0.4) is 0 Å². The van der Waals surface area contributed by atoms with E-state index in [0.717, 1.165) is 23.6 Å². The van der Waals surface area contributed by atoms with Crippen molar-refractivity contribution in [3.63, 3.8) is 0 Å². The molecule has 1 aliphatic carbocycles. The summed E-state index contributed by atoms with van der Waals surface area (Å²) >= 11 is 0. The molecule has 2 heterocycles. The van der Waals surface area contributed by atoms with Gasteiger partial charge in [0.15, 0.2) is 0 Å². The highest BCUT2D eigenvalue weighted by atomic mass is 16.5. The predicted molar refractivity (Wildman–Crippen MR) is 76.8 cm³/mol. The molecule has 3 atom stereocenters. The van der Waals surface area contributed by atoms with Crippen molar-refractivity contribution in [2.75, 3.05) is 20.2 Å². The van der Waals surface area contributed by atoms with Crippen molar-refractivity contribution in [2.45, 2.75) is 44.1 Å². The van der Waals surface area contributed by atoms with Crippen molar-refractivity contribution in [2.24, 2.45) is 5.92 Å². The number of hydrogen-bond donors (Lipinski definition) is 0. The summed E-state index contributed by atoms with van der Waals surface area (Å²) in [5, 5.41) is 0. The van der Waals surface area contributed by atoms with Crippen LogP contribution in [0.5, 0.6) is 5.75 Å². The van der Waals surface area contributed by atoms with Gasteiger partial charge in [-0.2, -0.15) is 0 Å². The second kappa shape index (κ2) is 4.52. The lowest BCUT2D eigenvalue weighted by atomic mass is 9.66. The van der Waals surface area contributed by atoms with Crippen LogP contribution in [0.1, 0.15) is 42.7 Å². The molecule has 1 aromatic rings. The molecule has 4 rings (SSSR count). The molecule has 0 aromatic heterocycles. The number of fused-ring (bicyclic) bond motifs is 2.